The van der Waals surface area contributed by atoms with Crippen LogP contribution in [0.3, 0.4) is 0 Å². The molecule has 0 bridgehead atoms. The lowest BCUT2D eigenvalue weighted by atomic mass is 9.80. The molecule has 1 aliphatic heterocycles. The van der Waals surface area contributed by atoms with Gasteiger partial charge in [0.2, 0.25) is 17.3 Å². The van der Waals surface area contributed by atoms with E-state index in [1.807, 2.05) is 12.1 Å². The van der Waals surface area contributed by atoms with Crippen LogP contribution in [0.25, 0.3) is 38.7 Å². The third-order valence-corrected chi connectivity index (χ3v) is 8.79. The van der Waals surface area contributed by atoms with E-state index in [4.69, 9.17) is 0 Å². The fourth-order valence-electron chi connectivity index (χ4n) is 7.15. The van der Waals surface area contributed by atoms with Crippen LogP contribution >= 0.6 is 0 Å². The molecule has 1 aliphatic carbocycles. The van der Waals surface area contributed by atoms with Crippen molar-refractivity contribution in [1.29, 1.82) is 10.5 Å². The van der Waals surface area contributed by atoms with E-state index in [1.54, 1.807) is 6.07 Å². The van der Waals surface area contributed by atoms with Crippen LogP contribution in [0.2, 0.25) is 0 Å². The first-order valence-electron chi connectivity index (χ1n) is 13.6. The van der Waals surface area contributed by atoms with Gasteiger partial charge in [-0.2, -0.15) is 19.5 Å². The van der Waals surface area contributed by atoms with Gasteiger partial charge in [0, 0.05) is 28.8 Å². The van der Waals surface area contributed by atoms with E-state index in [0.717, 1.165) is 28.8 Å². The summed E-state index contributed by atoms with van der Waals surface area (Å²) in [5.41, 5.74) is 11.4. The fourth-order valence-corrected chi connectivity index (χ4v) is 7.15. The van der Waals surface area contributed by atoms with E-state index in [1.165, 1.54) is 38.7 Å². The molecular formula is C36H24N4+2. The Morgan fingerprint density at radius 1 is 0.750 bits per heavy atom. The number of aromatic nitrogens is 2. The molecule has 2 atom stereocenters. The number of nitrogens with zero attached hydrogens (tertiary/aromatic N) is 4. The minimum absolute atomic E-state index is 0.0124. The SMILES string of the molecule is Cc1ccc2[n+](c1)C1c3c(c4ccccc4c4ccc(-c5ccccc5)c[n+]34)CC1c1c-2ccc(C#N)c1C#N. The van der Waals surface area contributed by atoms with Gasteiger partial charge in [-0.3, -0.25) is 0 Å². The van der Waals surface area contributed by atoms with Crippen LogP contribution in [0.1, 0.15) is 45.5 Å². The Labute approximate surface area is 232 Å². The zero-order valence-corrected chi connectivity index (χ0v) is 22.0. The first-order chi connectivity index (χ1) is 19.7. The predicted molar refractivity (Wildman–Crippen MR) is 153 cm³/mol. The Kier molecular flexibility index (Phi) is 4.72. The molecule has 186 valence electrons. The lowest BCUT2D eigenvalue weighted by Crippen LogP contribution is -2.50. The average Bonchev–Trinajstić information content (AvgIpc) is 3.42. The van der Waals surface area contributed by atoms with Gasteiger partial charge >= 0.3 is 0 Å². The molecule has 0 saturated carbocycles. The molecule has 6 aromatic rings. The minimum Gasteiger partial charge on any atom is -0.192 e. The van der Waals surface area contributed by atoms with Crippen molar-refractivity contribution in [3.05, 3.63) is 137 Å². The van der Waals surface area contributed by atoms with Gasteiger partial charge in [0.25, 0.3) is 5.69 Å². The van der Waals surface area contributed by atoms with Gasteiger partial charge < -0.3 is 0 Å². The molecule has 3 aromatic carbocycles. The van der Waals surface area contributed by atoms with Crippen molar-refractivity contribution in [1.82, 2.24) is 0 Å². The highest BCUT2D eigenvalue weighted by Gasteiger charge is 2.53. The van der Waals surface area contributed by atoms with Crippen molar-refractivity contribution in [2.24, 2.45) is 0 Å². The van der Waals surface area contributed by atoms with Gasteiger partial charge in [-0.15, -0.1) is 0 Å². The smallest absolute Gasteiger partial charge is 0.192 e. The summed E-state index contributed by atoms with van der Waals surface area (Å²) in [7, 11) is 0. The lowest BCUT2D eigenvalue weighted by molar-refractivity contribution is -0.724. The standard InChI is InChI=1S/C36H24N4/c1-22-11-15-33-28-14-12-24(18-37)31(19-38)34(28)30-17-29-26-9-5-6-10-27(26)32-16-13-25(23-7-3-2-4-8-23)21-40(32)35(29)36(30)39(33)20-22/h2-16,20-21,30,36H,17H2,1H3/q+2. The first kappa shape index (κ1) is 22.6. The molecule has 4 heterocycles. The zero-order chi connectivity index (χ0) is 27.0. The molecule has 4 heteroatoms. The Balaban J connectivity index is 1.52. The number of fused-ring (bicyclic) bond motifs is 13. The summed E-state index contributed by atoms with van der Waals surface area (Å²) in [6, 6.07) is 36.5. The maximum absolute atomic E-state index is 10.3. The second-order valence-electron chi connectivity index (χ2n) is 10.9. The van der Waals surface area contributed by atoms with Crippen LogP contribution in [-0.2, 0) is 6.42 Å². The maximum atomic E-state index is 10.3. The molecule has 0 saturated heterocycles. The molecular weight excluding hydrogens is 488 g/mol. The molecule has 3 aromatic heterocycles. The van der Waals surface area contributed by atoms with Crippen molar-refractivity contribution in [3.8, 4) is 34.5 Å². The van der Waals surface area contributed by atoms with E-state index in [9.17, 15) is 10.5 Å². The maximum Gasteiger partial charge on any atom is 0.261 e. The van der Waals surface area contributed by atoms with Crippen molar-refractivity contribution in [2.45, 2.75) is 25.3 Å². The Bertz CT molecular complexity index is 2130. The highest BCUT2D eigenvalue weighted by molar-refractivity contribution is 5.97. The predicted octanol–water partition coefficient (Wildman–Crippen LogP) is 6.49. The van der Waals surface area contributed by atoms with Crippen molar-refractivity contribution in [2.75, 3.05) is 0 Å². The number of benzene rings is 3. The minimum atomic E-state index is -0.0124. The van der Waals surface area contributed by atoms with Crippen LogP contribution < -0.4 is 8.97 Å². The largest absolute Gasteiger partial charge is 0.261 e. The van der Waals surface area contributed by atoms with Gasteiger partial charge in [0.05, 0.1) is 28.0 Å². The molecule has 8 rings (SSSR count). The molecule has 4 nitrogen and oxygen atoms in total. The summed E-state index contributed by atoms with van der Waals surface area (Å²) in [6.45, 7) is 2.13. The van der Waals surface area contributed by atoms with Crippen LogP contribution in [-0.4, -0.2) is 0 Å². The first-order valence-corrected chi connectivity index (χ1v) is 13.6. The van der Waals surface area contributed by atoms with Gasteiger partial charge in [-0.1, -0.05) is 48.5 Å². The van der Waals surface area contributed by atoms with Crippen molar-refractivity contribution < 1.29 is 8.97 Å². The average molecular weight is 513 g/mol. The molecule has 2 unspecified atom stereocenters. The molecule has 0 N–H and O–H groups in total. The Morgan fingerprint density at radius 2 is 1.55 bits per heavy atom. The lowest BCUT2D eigenvalue weighted by Gasteiger charge is -2.26. The molecule has 40 heavy (non-hydrogen) atoms. The van der Waals surface area contributed by atoms with E-state index in [2.05, 4.69) is 113 Å². The molecule has 2 aliphatic rings. The highest BCUT2D eigenvalue weighted by Crippen LogP contribution is 2.50. The third-order valence-electron chi connectivity index (χ3n) is 8.79. The summed E-state index contributed by atoms with van der Waals surface area (Å²) in [5.74, 6) is 0.0362. The molecule has 0 fully saturated rings. The number of nitriles is 2. The fraction of sp³-hybridized carbons (Fsp3) is 0.111. The summed E-state index contributed by atoms with van der Waals surface area (Å²) < 4.78 is 4.81. The third kappa shape index (κ3) is 2.99. The Hall–Kier alpha value is -5.32. The number of aryl methyl sites for hydroxylation is 1. The van der Waals surface area contributed by atoms with Gasteiger partial charge in [-0.05, 0) is 60.2 Å². The number of hydrogen-bond donors (Lipinski definition) is 0. The summed E-state index contributed by atoms with van der Waals surface area (Å²) in [4.78, 5) is 0. The van der Waals surface area contributed by atoms with Crippen LogP contribution in [0.4, 0.5) is 0 Å². The van der Waals surface area contributed by atoms with Gasteiger partial charge in [-0.25, -0.2) is 0 Å². The Morgan fingerprint density at radius 3 is 2.35 bits per heavy atom. The van der Waals surface area contributed by atoms with Crippen molar-refractivity contribution >= 4 is 16.3 Å². The number of rotatable bonds is 1. The quantitative estimate of drug-likeness (QED) is 0.187. The van der Waals surface area contributed by atoms with E-state index < -0.39 is 0 Å². The van der Waals surface area contributed by atoms with Gasteiger partial charge in [0.15, 0.2) is 12.4 Å². The number of pyridine rings is 3. The monoisotopic (exact) mass is 512 g/mol. The molecule has 0 radical (unpaired) electrons. The summed E-state index contributed by atoms with van der Waals surface area (Å²) in [6.07, 6.45) is 5.33. The molecule has 0 spiro atoms. The van der Waals surface area contributed by atoms with E-state index in [-0.39, 0.29) is 12.0 Å². The number of hydrogen-bond acceptors (Lipinski definition) is 2. The van der Waals surface area contributed by atoms with Gasteiger partial charge in [0.1, 0.15) is 12.1 Å². The highest BCUT2D eigenvalue weighted by atomic mass is 15.1. The topological polar surface area (TPSA) is 55.6 Å². The van der Waals surface area contributed by atoms with Crippen molar-refractivity contribution in [3.63, 3.8) is 0 Å². The van der Waals surface area contributed by atoms with E-state index >= 15 is 0 Å². The van der Waals surface area contributed by atoms with Crippen LogP contribution in [0, 0.1) is 29.6 Å². The normalized spacial score (nSPS) is 16.5. The van der Waals surface area contributed by atoms with E-state index in [0.29, 0.717) is 11.1 Å². The molecule has 0 amide bonds. The summed E-state index contributed by atoms with van der Waals surface area (Å²) in [5, 5.41) is 22.7. The second kappa shape index (κ2) is 8.34. The summed E-state index contributed by atoms with van der Waals surface area (Å²) >= 11 is 0. The van der Waals surface area contributed by atoms with Crippen LogP contribution in [0.5, 0.6) is 0 Å². The zero-order valence-electron chi connectivity index (χ0n) is 22.0. The second-order valence-corrected chi connectivity index (χ2v) is 10.9. The van der Waals surface area contributed by atoms with Crippen LogP contribution in [0.15, 0.2) is 103 Å².